The van der Waals surface area contributed by atoms with Crippen LogP contribution < -0.4 is 14.8 Å². The molecule has 0 aliphatic carbocycles. The molecule has 5 heteroatoms. The number of hydrogen-bond acceptors (Lipinski definition) is 4. The van der Waals surface area contributed by atoms with E-state index >= 15 is 0 Å². The molecule has 5 nitrogen and oxygen atoms in total. The molecule has 1 N–H and O–H groups in total. The van der Waals surface area contributed by atoms with Crippen molar-refractivity contribution in [3.8, 4) is 11.5 Å². The average Bonchev–Trinajstić information content (AvgIpc) is 2.62. The van der Waals surface area contributed by atoms with Crippen molar-refractivity contribution >= 4 is 6.09 Å². The van der Waals surface area contributed by atoms with Crippen LogP contribution in [0.5, 0.6) is 11.5 Å². The summed E-state index contributed by atoms with van der Waals surface area (Å²) in [6, 6.07) is 15.5. The second kappa shape index (κ2) is 7.05. The Morgan fingerprint density at radius 2 is 1.92 bits per heavy atom. The predicted molar refractivity (Wildman–Crippen MR) is 94.8 cm³/mol. The summed E-state index contributed by atoms with van der Waals surface area (Å²) in [7, 11) is 1.62. The van der Waals surface area contributed by atoms with Crippen molar-refractivity contribution in [2.45, 2.75) is 26.5 Å². The molecule has 2 aromatic rings. The van der Waals surface area contributed by atoms with Crippen LogP contribution in [0.1, 0.15) is 31.0 Å². The number of benzene rings is 2. The van der Waals surface area contributed by atoms with Gasteiger partial charge in [-0.3, -0.25) is 0 Å². The number of ether oxygens (including phenoxy) is 3. The molecule has 1 heterocycles. The van der Waals surface area contributed by atoms with Crippen LogP contribution in [0.25, 0.3) is 0 Å². The molecule has 1 fully saturated rings. The highest BCUT2D eigenvalue weighted by atomic mass is 16.6. The normalized spacial score (nSPS) is 18.8. The van der Waals surface area contributed by atoms with Crippen molar-refractivity contribution in [2.24, 2.45) is 5.41 Å². The maximum atomic E-state index is 11.7. The lowest BCUT2D eigenvalue weighted by Crippen LogP contribution is -2.46. The summed E-state index contributed by atoms with van der Waals surface area (Å²) in [4.78, 5) is 11.7. The van der Waals surface area contributed by atoms with Crippen molar-refractivity contribution < 1.29 is 19.0 Å². The van der Waals surface area contributed by atoms with Gasteiger partial charge in [0.15, 0.2) is 11.5 Å². The quantitative estimate of drug-likeness (QED) is 0.890. The van der Waals surface area contributed by atoms with Gasteiger partial charge >= 0.3 is 6.09 Å². The molecule has 0 unspecified atom stereocenters. The SMILES string of the molecule is COc1ccc([C@H]2NC(=O)OCC2(C)C)cc1OCc1ccccc1. The lowest BCUT2D eigenvalue weighted by atomic mass is 9.80. The number of amides is 1. The smallest absolute Gasteiger partial charge is 0.407 e. The number of rotatable bonds is 5. The summed E-state index contributed by atoms with van der Waals surface area (Å²) in [5, 5.41) is 2.90. The lowest BCUT2D eigenvalue weighted by Gasteiger charge is -2.38. The Balaban J connectivity index is 1.85. The van der Waals surface area contributed by atoms with Crippen LogP contribution in [-0.4, -0.2) is 19.8 Å². The molecule has 3 rings (SSSR count). The fraction of sp³-hybridized carbons (Fsp3) is 0.350. The number of nitrogens with one attached hydrogen (secondary N) is 1. The number of methoxy groups -OCH3 is 1. The van der Waals surface area contributed by atoms with Gasteiger partial charge < -0.3 is 19.5 Å². The van der Waals surface area contributed by atoms with Gasteiger partial charge in [-0.15, -0.1) is 0 Å². The second-order valence-corrected chi connectivity index (χ2v) is 6.83. The molecular weight excluding hydrogens is 318 g/mol. The number of cyclic esters (lactones) is 1. The molecule has 0 saturated carbocycles. The first kappa shape index (κ1) is 17.1. The van der Waals surface area contributed by atoms with Gasteiger partial charge in [-0.2, -0.15) is 0 Å². The van der Waals surface area contributed by atoms with Crippen molar-refractivity contribution in [3.05, 3.63) is 59.7 Å². The van der Waals surface area contributed by atoms with Crippen molar-refractivity contribution in [1.82, 2.24) is 5.32 Å². The minimum Gasteiger partial charge on any atom is -0.493 e. The average molecular weight is 341 g/mol. The van der Waals surface area contributed by atoms with E-state index in [4.69, 9.17) is 14.2 Å². The van der Waals surface area contributed by atoms with Gasteiger partial charge in [0.25, 0.3) is 0 Å². The summed E-state index contributed by atoms with van der Waals surface area (Å²) in [5.74, 6) is 1.32. The van der Waals surface area contributed by atoms with Crippen LogP contribution >= 0.6 is 0 Å². The van der Waals surface area contributed by atoms with E-state index in [0.717, 1.165) is 11.1 Å². The monoisotopic (exact) mass is 341 g/mol. The van der Waals surface area contributed by atoms with Crippen LogP contribution in [0, 0.1) is 5.41 Å². The molecular formula is C20H23NO4. The maximum Gasteiger partial charge on any atom is 0.407 e. The molecule has 2 aromatic carbocycles. The summed E-state index contributed by atoms with van der Waals surface area (Å²) >= 11 is 0. The highest BCUT2D eigenvalue weighted by Gasteiger charge is 2.38. The van der Waals surface area contributed by atoms with Crippen molar-refractivity contribution in [1.29, 1.82) is 0 Å². The molecule has 0 radical (unpaired) electrons. The molecule has 1 saturated heterocycles. The topological polar surface area (TPSA) is 56.8 Å². The van der Waals surface area contributed by atoms with E-state index in [1.54, 1.807) is 7.11 Å². The maximum absolute atomic E-state index is 11.7. The van der Waals surface area contributed by atoms with Crippen LogP contribution in [0.3, 0.4) is 0 Å². The van der Waals surface area contributed by atoms with Crippen LogP contribution in [0.2, 0.25) is 0 Å². The van der Waals surface area contributed by atoms with Crippen LogP contribution in [0.4, 0.5) is 4.79 Å². The van der Waals surface area contributed by atoms with Gasteiger partial charge in [-0.05, 0) is 23.3 Å². The van der Waals surface area contributed by atoms with Crippen molar-refractivity contribution in [2.75, 3.05) is 13.7 Å². The Hall–Kier alpha value is -2.69. The van der Waals surface area contributed by atoms with Gasteiger partial charge in [-0.1, -0.05) is 50.2 Å². The fourth-order valence-electron chi connectivity index (χ4n) is 2.95. The van der Waals surface area contributed by atoms with E-state index < -0.39 is 6.09 Å². The molecule has 0 spiro atoms. The molecule has 0 bridgehead atoms. The van der Waals surface area contributed by atoms with Crippen molar-refractivity contribution in [3.63, 3.8) is 0 Å². The summed E-state index contributed by atoms with van der Waals surface area (Å²) < 4.78 is 16.5. The third-order valence-corrected chi connectivity index (χ3v) is 4.38. The molecule has 0 aromatic heterocycles. The minimum atomic E-state index is -0.396. The van der Waals surface area contributed by atoms with Gasteiger partial charge in [0.2, 0.25) is 0 Å². The zero-order valence-electron chi connectivity index (χ0n) is 14.7. The number of carbonyl (C=O) groups is 1. The minimum absolute atomic E-state index is 0.154. The fourth-order valence-corrected chi connectivity index (χ4v) is 2.95. The van der Waals surface area contributed by atoms with Gasteiger partial charge in [-0.25, -0.2) is 4.79 Å². The molecule has 1 amide bonds. The Morgan fingerprint density at radius 1 is 1.16 bits per heavy atom. The zero-order valence-corrected chi connectivity index (χ0v) is 14.7. The third-order valence-electron chi connectivity index (χ3n) is 4.38. The van der Waals surface area contributed by atoms with Crippen LogP contribution in [0.15, 0.2) is 48.5 Å². The lowest BCUT2D eigenvalue weighted by molar-refractivity contribution is 0.0386. The highest BCUT2D eigenvalue weighted by molar-refractivity contribution is 5.69. The third kappa shape index (κ3) is 3.87. The Kier molecular flexibility index (Phi) is 4.83. The first-order valence-electron chi connectivity index (χ1n) is 8.27. The molecule has 1 aliphatic heterocycles. The summed E-state index contributed by atoms with van der Waals surface area (Å²) in [5.41, 5.74) is 1.82. The van der Waals surface area contributed by atoms with E-state index in [-0.39, 0.29) is 11.5 Å². The van der Waals surface area contributed by atoms with E-state index in [1.807, 2.05) is 48.5 Å². The molecule has 132 valence electrons. The Labute approximate surface area is 147 Å². The molecule has 1 aliphatic rings. The van der Waals surface area contributed by atoms with E-state index in [0.29, 0.717) is 24.7 Å². The van der Waals surface area contributed by atoms with E-state index in [9.17, 15) is 4.79 Å². The zero-order chi connectivity index (χ0) is 17.9. The first-order valence-corrected chi connectivity index (χ1v) is 8.27. The predicted octanol–water partition coefficient (Wildman–Crippen LogP) is 4.08. The highest BCUT2D eigenvalue weighted by Crippen LogP contribution is 2.39. The molecule has 1 atom stereocenters. The Bertz CT molecular complexity index is 743. The summed E-state index contributed by atoms with van der Waals surface area (Å²) in [6.45, 7) is 4.94. The second-order valence-electron chi connectivity index (χ2n) is 6.83. The van der Waals surface area contributed by atoms with Gasteiger partial charge in [0.1, 0.15) is 13.2 Å². The largest absolute Gasteiger partial charge is 0.493 e. The summed E-state index contributed by atoms with van der Waals surface area (Å²) in [6.07, 6.45) is -0.396. The number of hydrogen-bond donors (Lipinski definition) is 1. The van der Waals surface area contributed by atoms with Crippen LogP contribution in [-0.2, 0) is 11.3 Å². The van der Waals surface area contributed by atoms with Gasteiger partial charge in [0.05, 0.1) is 13.2 Å². The van der Waals surface area contributed by atoms with E-state index in [2.05, 4.69) is 19.2 Å². The standard InChI is InChI=1S/C20H23NO4/c1-20(2)13-25-19(22)21-18(20)15-9-10-16(23-3)17(11-15)24-12-14-7-5-4-6-8-14/h4-11,18H,12-13H2,1-3H3,(H,21,22)/t18-/m1/s1. The van der Waals surface area contributed by atoms with E-state index in [1.165, 1.54) is 0 Å². The van der Waals surface area contributed by atoms with Gasteiger partial charge in [0, 0.05) is 5.41 Å². The number of carbonyl (C=O) groups excluding carboxylic acids is 1. The molecule has 25 heavy (non-hydrogen) atoms. The first-order chi connectivity index (χ1) is 12.0. The number of alkyl carbamates (subject to hydrolysis) is 1. The Morgan fingerprint density at radius 3 is 2.64 bits per heavy atom.